The van der Waals surface area contributed by atoms with Crippen molar-refractivity contribution in [3.8, 4) is 5.75 Å². The molecule has 116 valence electrons. The molecule has 0 fully saturated rings. The van der Waals surface area contributed by atoms with Crippen molar-refractivity contribution in [3.63, 3.8) is 0 Å². The van der Waals surface area contributed by atoms with Crippen LogP contribution in [0.3, 0.4) is 0 Å². The smallest absolute Gasteiger partial charge is 0.418 e. The van der Waals surface area contributed by atoms with Gasteiger partial charge in [-0.15, -0.1) is 0 Å². The fraction of sp³-hybridized carbons (Fsp3) is 0.438. The van der Waals surface area contributed by atoms with Crippen LogP contribution in [0.2, 0.25) is 0 Å². The van der Waals surface area contributed by atoms with Crippen LogP contribution in [0.4, 0.5) is 9.18 Å². The Hall–Kier alpha value is -2.04. The third-order valence-electron chi connectivity index (χ3n) is 2.81. The first kappa shape index (κ1) is 17.0. The number of halogens is 1. The van der Waals surface area contributed by atoms with Crippen LogP contribution in [-0.4, -0.2) is 23.9 Å². The van der Waals surface area contributed by atoms with Crippen LogP contribution in [0.1, 0.15) is 33.4 Å². The van der Waals surface area contributed by atoms with E-state index in [1.165, 1.54) is 17.7 Å². The number of carbonyl (C=O) groups excluding carboxylic acids is 1. The molecule has 0 amide bonds. The maximum Gasteiger partial charge on any atom is 0.418 e. The standard InChI is InChI=1S/C14H16FNO3.C2H6/c1-8(2)19-14(17)16-9(3)7-10-11(16)5-6-12(18-4)13(10)15;1-2/h5-8H,1-4H3;1-2H3. The van der Waals surface area contributed by atoms with Gasteiger partial charge in [0.15, 0.2) is 11.6 Å². The quantitative estimate of drug-likeness (QED) is 0.818. The number of ether oxygens (including phenoxy) is 2. The number of aryl methyl sites for hydroxylation is 1. The van der Waals surface area contributed by atoms with Gasteiger partial charge in [0.2, 0.25) is 0 Å². The lowest BCUT2D eigenvalue weighted by atomic mass is 10.2. The first-order valence-electron chi connectivity index (χ1n) is 7.01. The van der Waals surface area contributed by atoms with Gasteiger partial charge in [-0.25, -0.2) is 13.8 Å². The predicted molar refractivity (Wildman–Crippen MR) is 81.5 cm³/mol. The maximum atomic E-state index is 14.1. The Labute approximate surface area is 124 Å². The second-order valence-electron chi connectivity index (χ2n) is 4.57. The molecule has 0 unspecified atom stereocenters. The molecule has 1 aromatic carbocycles. The van der Waals surface area contributed by atoms with Crippen LogP contribution >= 0.6 is 0 Å². The highest BCUT2D eigenvalue weighted by Crippen LogP contribution is 2.29. The summed E-state index contributed by atoms with van der Waals surface area (Å²) >= 11 is 0. The summed E-state index contributed by atoms with van der Waals surface area (Å²) in [5.41, 5.74) is 1.09. The molecule has 0 aliphatic heterocycles. The Morgan fingerprint density at radius 1 is 1.29 bits per heavy atom. The maximum absolute atomic E-state index is 14.1. The van der Waals surface area contributed by atoms with Gasteiger partial charge in [0.05, 0.1) is 18.7 Å². The minimum atomic E-state index is -0.507. The SMILES string of the molecule is CC.COc1ccc2c(cc(C)n2C(=O)OC(C)C)c1F. The van der Waals surface area contributed by atoms with Crippen molar-refractivity contribution in [1.29, 1.82) is 0 Å². The Bertz CT molecular complexity index is 632. The van der Waals surface area contributed by atoms with Gasteiger partial charge < -0.3 is 9.47 Å². The van der Waals surface area contributed by atoms with E-state index in [2.05, 4.69) is 0 Å². The van der Waals surface area contributed by atoms with E-state index < -0.39 is 11.9 Å². The molecule has 0 saturated carbocycles. The van der Waals surface area contributed by atoms with E-state index in [1.54, 1.807) is 32.9 Å². The van der Waals surface area contributed by atoms with E-state index in [0.717, 1.165) is 0 Å². The zero-order valence-corrected chi connectivity index (χ0v) is 13.4. The highest BCUT2D eigenvalue weighted by molar-refractivity contribution is 5.92. The molecular weight excluding hydrogens is 273 g/mol. The second-order valence-corrected chi connectivity index (χ2v) is 4.57. The van der Waals surface area contributed by atoms with E-state index >= 15 is 0 Å². The van der Waals surface area contributed by atoms with Crippen molar-refractivity contribution in [3.05, 3.63) is 29.7 Å². The Morgan fingerprint density at radius 3 is 2.43 bits per heavy atom. The first-order chi connectivity index (χ1) is 9.95. The van der Waals surface area contributed by atoms with Gasteiger partial charge >= 0.3 is 6.09 Å². The molecular formula is C16H22FNO3. The number of hydrogen-bond acceptors (Lipinski definition) is 3. The molecule has 0 spiro atoms. The van der Waals surface area contributed by atoms with E-state index in [0.29, 0.717) is 16.6 Å². The second kappa shape index (κ2) is 7.11. The summed E-state index contributed by atoms with van der Waals surface area (Å²) in [5.74, 6) is -0.318. The van der Waals surface area contributed by atoms with E-state index in [1.807, 2.05) is 13.8 Å². The fourth-order valence-electron chi connectivity index (χ4n) is 2.01. The Morgan fingerprint density at radius 2 is 1.90 bits per heavy atom. The molecule has 2 rings (SSSR count). The van der Waals surface area contributed by atoms with Crippen LogP contribution in [0.5, 0.6) is 5.75 Å². The summed E-state index contributed by atoms with van der Waals surface area (Å²) in [4.78, 5) is 12.0. The van der Waals surface area contributed by atoms with Crippen LogP contribution < -0.4 is 4.74 Å². The minimum Gasteiger partial charge on any atom is -0.494 e. The normalized spacial score (nSPS) is 10.3. The highest BCUT2D eigenvalue weighted by atomic mass is 19.1. The largest absolute Gasteiger partial charge is 0.494 e. The number of benzene rings is 1. The number of methoxy groups -OCH3 is 1. The molecule has 0 aliphatic rings. The summed E-state index contributed by atoms with van der Waals surface area (Å²) in [6.07, 6.45) is -0.737. The summed E-state index contributed by atoms with van der Waals surface area (Å²) in [6.45, 7) is 9.26. The lowest BCUT2D eigenvalue weighted by Gasteiger charge is -2.11. The van der Waals surface area contributed by atoms with Gasteiger partial charge in [-0.1, -0.05) is 13.8 Å². The van der Waals surface area contributed by atoms with E-state index in [-0.39, 0.29) is 11.9 Å². The Balaban J connectivity index is 0.00000106. The topological polar surface area (TPSA) is 40.5 Å². The van der Waals surface area contributed by atoms with Crippen molar-refractivity contribution in [2.45, 2.75) is 40.7 Å². The third-order valence-corrected chi connectivity index (χ3v) is 2.81. The summed E-state index contributed by atoms with van der Waals surface area (Å²) in [7, 11) is 1.40. The van der Waals surface area contributed by atoms with Crippen molar-refractivity contribution in [1.82, 2.24) is 4.57 Å². The number of hydrogen-bond donors (Lipinski definition) is 0. The molecule has 21 heavy (non-hydrogen) atoms. The average molecular weight is 295 g/mol. The number of rotatable bonds is 2. The fourth-order valence-corrected chi connectivity index (χ4v) is 2.01. The highest BCUT2D eigenvalue weighted by Gasteiger charge is 2.18. The van der Waals surface area contributed by atoms with Gasteiger partial charge in [-0.3, -0.25) is 0 Å². The minimum absolute atomic E-state index is 0.155. The number of nitrogens with zero attached hydrogens (tertiary/aromatic N) is 1. The number of fused-ring (bicyclic) bond motifs is 1. The molecule has 1 aromatic heterocycles. The zero-order valence-electron chi connectivity index (χ0n) is 13.4. The van der Waals surface area contributed by atoms with Crippen molar-refractivity contribution in [2.75, 3.05) is 7.11 Å². The molecule has 0 N–H and O–H groups in total. The zero-order chi connectivity index (χ0) is 16.2. The molecule has 2 aromatic rings. The van der Waals surface area contributed by atoms with Gasteiger partial charge in [0, 0.05) is 11.1 Å². The Kier molecular flexibility index (Phi) is 5.76. The van der Waals surface area contributed by atoms with Crippen molar-refractivity contribution >= 4 is 17.0 Å². The molecule has 0 atom stereocenters. The van der Waals surface area contributed by atoms with Crippen LogP contribution in [0.15, 0.2) is 18.2 Å². The first-order valence-corrected chi connectivity index (χ1v) is 7.01. The van der Waals surface area contributed by atoms with Crippen molar-refractivity contribution < 1.29 is 18.7 Å². The molecule has 0 bridgehead atoms. The molecule has 0 aliphatic carbocycles. The summed E-state index contributed by atoms with van der Waals surface area (Å²) in [6, 6.07) is 4.75. The van der Waals surface area contributed by atoms with E-state index in [4.69, 9.17) is 9.47 Å². The molecule has 4 nitrogen and oxygen atoms in total. The molecule has 0 radical (unpaired) electrons. The lowest BCUT2D eigenvalue weighted by molar-refractivity contribution is 0.117. The summed E-state index contributed by atoms with van der Waals surface area (Å²) in [5, 5.41) is 0.345. The van der Waals surface area contributed by atoms with Crippen molar-refractivity contribution in [2.24, 2.45) is 0 Å². The monoisotopic (exact) mass is 295 g/mol. The molecule has 5 heteroatoms. The molecule has 0 saturated heterocycles. The predicted octanol–water partition coefficient (Wildman–Crippen LogP) is 4.52. The average Bonchev–Trinajstić information content (AvgIpc) is 2.78. The third kappa shape index (κ3) is 3.35. The van der Waals surface area contributed by atoms with E-state index in [9.17, 15) is 9.18 Å². The number of aromatic nitrogens is 1. The van der Waals surface area contributed by atoms with Gasteiger partial charge in [0.1, 0.15) is 0 Å². The summed E-state index contributed by atoms with van der Waals surface area (Å²) < 4.78 is 25.5. The van der Waals surface area contributed by atoms with Gasteiger partial charge in [0.25, 0.3) is 0 Å². The molecule has 1 heterocycles. The van der Waals surface area contributed by atoms with Gasteiger partial charge in [-0.2, -0.15) is 0 Å². The van der Waals surface area contributed by atoms with Crippen LogP contribution in [0.25, 0.3) is 10.9 Å². The van der Waals surface area contributed by atoms with Crippen LogP contribution in [0, 0.1) is 12.7 Å². The lowest BCUT2D eigenvalue weighted by Crippen LogP contribution is -2.18. The van der Waals surface area contributed by atoms with Gasteiger partial charge in [-0.05, 0) is 39.0 Å². The number of carbonyl (C=O) groups is 1. The van der Waals surface area contributed by atoms with Crippen LogP contribution in [-0.2, 0) is 4.74 Å².